The van der Waals surface area contributed by atoms with Crippen molar-refractivity contribution in [3.8, 4) is 5.75 Å². The van der Waals surface area contributed by atoms with Crippen LogP contribution in [-0.2, 0) is 22.4 Å². The predicted molar refractivity (Wildman–Crippen MR) is 147 cm³/mol. The number of imide groups is 2. The third-order valence-electron chi connectivity index (χ3n) is 6.35. The first kappa shape index (κ1) is 28.3. The van der Waals surface area contributed by atoms with Gasteiger partial charge in [-0.2, -0.15) is 13.2 Å². The third-order valence-corrected chi connectivity index (χ3v) is 6.67. The van der Waals surface area contributed by atoms with Gasteiger partial charge in [0.2, 0.25) is 0 Å². The van der Waals surface area contributed by atoms with Crippen molar-refractivity contribution in [1.82, 2.24) is 5.32 Å². The molecule has 1 heterocycles. The molecule has 1 fully saturated rings. The van der Waals surface area contributed by atoms with Crippen molar-refractivity contribution in [2.24, 2.45) is 0 Å². The number of amides is 4. The van der Waals surface area contributed by atoms with Gasteiger partial charge in [0.15, 0.2) is 0 Å². The summed E-state index contributed by atoms with van der Waals surface area (Å²) >= 11 is 6.08. The number of hydrogen-bond donors (Lipinski definition) is 1. The van der Waals surface area contributed by atoms with Gasteiger partial charge in [-0.1, -0.05) is 54.1 Å². The van der Waals surface area contributed by atoms with E-state index in [0.29, 0.717) is 33.4 Å². The van der Waals surface area contributed by atoms with Crippen LogP contribution in [0.25, 0.3) is 16.8 Å². The molecule has 0 unspecified atom stereocenters. The van der Waals surface area contributed by atoms with Crippen molar-refractivity contribution in [3.63, 3.8) is 0 Å². The number of carbonyl (C=O) groups excluding carboxylic acids is 3. The highest BCUT2D eigenvalue weighted by atomic mass is 35.5. The molecular formula is C29H17ClF3N3O6. The number of rotatable bonds is 6. The largest absolute Gasteiger partial charge is 0.488 e. The molecule has 0 aromatic heterocycles. The Morgan fingerprint density at radius 1 is 0.976 bits per heavy atom. The van der Waals surface area contributed by atoms with Crippen molar-refractivity contribution in [1.29, 1.82) is 0 Å². The molecule has 5 rings (SSSR count). The van der Waals surface area contributed by atoms with Crippen molar-refractivity contribution in [2.45, 2.75) is 12.8 Å². The van der Waals surface area contributed by atoms with E-state index >= 15 is 0 Å². The molecule has 1 N–H and O–H groups in total. The van der Waals surface area contributed by atoms with E-state index in [1.54, 1.807) is 42.5 Å². The number of urea groups is 1. The number of ether oxygens (including phenoxy) is 1. The topological polar surface area (TPSA) is 119 Å². The number of nitro groups is 1. The van der Waals surface area contributed by atoms with Crippen LogP contribution in [0.5, 0.6) is 5.75 Å². The number of halogens is 4. The highest BCUT2D eigenvalue weighted by Gasteiger charge is 2.39. The van der Waals surface area contributed by atoms with E-state index in [1.807, 2.05) is 5.32 Å². The van der Waals surface area contributed by atoms with E-state index in [-0.39, 0.29) is 28.6 Å². The molecule has 1 aliphatic rings. The third kappa shape index (κ3) is 5.52. The number of barbiturate groups is 1. The molecule has 0 saturated carbocycles. The fourth-order valence-electron chi connectivity index (χ4n) is 4.35. The predicted octanol–water partition coefficient (Wildman–Crippen LogP) is 6.67. The lowest BCUT2D eigenvalue weighted by Gasteiger charge is -2.27. The van der Waals surface area contributed by atoms with Crippen molar-refractivity contribution >= 4 is 57.7 Å². The first-order chi connectivity index (χ1) is 19.9. The van der Waals surface area contributed by atoms with E-state index in [0.717, 1.165) is 6.07 Å². The standard InChI is InChI=1S/C29H17ClF3N3O6/c30-23-10-9-18(29(31,32)33)13-24(23)35-27(38)22(26(37)34-28(35)39)14-21-20-7-2-1-5-17(20)8-11-25(21)42-15-16-4-3-6-19(12-16)36(40)41/h1-14H,15H2,(H,34,37,39)/b22-14-. The highest BCUT2D eigenvalue weighted by Crippen LogP contribution is 2.37. The summed E-state index contributed by atoms with van der Waals surface area (Å²) in [7, 11) is 0. The summed E-state index contributed by atoms with van der Waals surface area (Å²) in [5.41, 5.74) is -1.71. The van der Waals surface area contributed by atoms with E-state index < -0.39 is 45.8 Å². The Bertz CT molecular complexity index is 1820. The Morgan fingerprint density at radius 3 is 2.48 bits per heavy atom. The SMILES string of the molecule is O=C1NC(=O)N(c2cc(C(F)(F)F)ccc2Cl)C(=O)/C1=C\c1c(OCc2cccc([N+](=O)[O-])c2)ccc2ccccc12. The second-order valence-electron chi connectivity index (χ2n) is 9.04. The second kappa shape index (κ2) is 11.0. The summed E-state index contributed by atoms with van der Waals surface area (Å²) < 4.78 is 46.1. The molecule has 212 valence electrons. The molecule has 9 nitrogen and oxygen atoms in total. The summed E-state index contributed by atoms with van der Waals surface area (Å²) in [5.74, 6) is -2.10. The number of nitrogens with one attached hydrogen (secondary N) is 1. The summed E-state index contributed by atoms with van der Waals surface area (Å²) in [5, 5.41) is 14.0. The Hall–Kier alpha value is -5.23. The van der Waals surface area contributed by atoms with Gasteiger partial charge in [0, 0.05) is 17.7 Å². The van der Waals surface area contributed by atoms with Crippen LogP contribution in [0.15, 0.2) is 84.4 Å². The zero-order chi connectivity index (χ0) is 30.2. The van der Waals surface area contributed by atoms with Gasteiger partial charge >= 0.3 is 12.2 Å². The number of benzene rings is 4. The average Bonchev–Trinajstić information content (AvgIpc) is 2.94. The fraction of sp³-hybridized carbons (Fsp3) is 0.0690. The summed E-state index contributed by atoms with van der Waals surface area (Å²) in [6.07, 6.45) is -3.62. The van der Waals surface area contributed by atoms with Crippen LogP contribution in [0.3, 0.4) is 0 Å². The molecular weight excluding hydrogens is 579 g/mol. The Morgan fingerprint density at radius 2 is 1.74 bits per heavy atom. The maximum absolute atomic E-state index is 13.5. The highest BCUT2D eigenvalue weighted by molar-refractivity contribution is 6.42. The minimum Gasteiger partial charge on any atom is -0.488 e. The van der Waals surface area contributed by atoms with Gasteiger partial charge < -0.3 is 4.74 Å². The van der Waals surface area contributed by atoms with Gasteiger partial charge in [0.05, 0.1) is 21.2 Å². The Kier molecular flexibility index (Phi) is 7.40. The van der Waals surface area contributed by atoms with E-state index in [2.05, 4.69) is 0 Å². The number of fused-ring (bicyclic) bond motifs is 1. The minimum atomic E-state index is -4.79. The zero-order valence-electron chi connectivity index (χ0n) is 21.1. The van der Waals surface area contributed by atoms with Gasteiger partial charge in [0.1, 0.15) is 17.9 Å². The van der Waals surface area contributed by atoms with Gasteiger partial charge in [-0.25, -0.2) is 9.69 Å². The van der Waals surface area contributed by atoms with Crippen molar-refractivity contribution < 1.29 is 37.2 Å². The molecule has 1 saturated heterocycles. The smallest absolute Gasteiger partial charge is 0.416 e. The van der Waals surface area contributed by atoms with Crippen LogP contribution >= 0.6 is 11.6 Å². The lowest BCUT2D eigenvalue weighted by atomic mass is 9.99. The molecule has 13 heteroatoms. The van der Waals surface area contributed by atoms with Gasteiger partial charge in [-0.15, -0.1) is 0 Å². The van der Waals surface area contributed by atoms with E-state index in [1.165, 1.54) is 24.3 Å². The molecule has 4 aromatic carbocycles. The number of nitro benzene ring substituents is 1. The average molecular weight is 596 g/mol. The quantitative estimate of drug-likeness (QED) is 0.115. The number of hydrogen-bond acceptors (Lipinski definition) is 6. The molecule has 42 heavy (non-hydrogen) atoms. The van der Waals surface area contributed by atoms with Gasteiger partial charge in [-0.3, -0.25) is 25.0 Å². The number of anilines is 1. The van der Waals surface area contributed by atoms with Crippen molar-refractivity contribution in [3.05, 3.63) is 116 Å². The fourth-order valence-corrected chi connectivity index (χ4v) is 4.55. The van der Waals surface area contributed by atoms with Gasteiger partial charge in [-0.05, 0) is 46.7 Å². The monoisotopic (exact) mass is 595 g/mol. The first-order valence-corrected chi connectivity index (χ1v) is 12.5. The maximum atomic E-state index is 13.5. The lowest BCUT2D eigenvalue weighted by Crippen LogP contribution is -2.54. The number of alkyl halides is 3. The second-order valence-corrected chi connectivity index (χ2v) is 9.44. The lowest BCUT2D eigenvalue weighted by molar-refractivity contribution is -0.384. The minimum absolute atomic E-state index is 0.110. The summed E-state index contributed by atoms with van der Waals surface area (Å²) in [4.78, 5) is 50.0. The molecule has 0 bridgehead atoms. The van der Waals surface area contributed by atoms with E-state index in [4.69, 9.17) is 16.3 Å². The van der Waals surface area contributed by atoms with Gasteiger partial charge in [0.25, 0.3) is 17.5 Å². The van der Waals surface area contributed by atoms with Crippen molar-refractivity contribution in [2.75, 3.05) is 4.90 Å². The molecule has 0 radical (unpaired) electrons. The summed E-state index contributed by atoms with van der Waals surface area (Å²) in [6.45, 7) is -0.110. The molecule has 0 aliphatic carbocycles. The van der Waals surface area contributed by atoms with Crippen LogP contribution in [0, 0.1) is 10.1 Å². The Balaban J connectivity index is 1.58. The number of carbonyl (C=O) groups is 3. The zero-order valence-corrected chi connectivity index (χ0v) is 21.9. The van der Waals surface area contributed by atoms with E-state index in [9.17, 15) is 37.7 Å². The maximum Gasteiger partial charge on any atom is 0.416 e. The van der Waals surface area contributed by atoms with Crippen LogP contribution in [0.1, 0.15) is 16.7 Å². The molecule has 4 amide bonds. The normalized spacial score (nSPS) is 14.8. The number of non-ortho nitro benzene ring substituents is 1. The van der Waals surface area contributed by atoms with Crippen LogP contribution in [-0.4, -0.2) is 22.8 Å². The first-order valence-electron chi connectivity index (χ1n) is 12.1. The number of nitrogens with zero attached hydrogens (tertiary/aromatic N) is 2. The summed E-state index contributed by atoms with van der Waals surface area (Å²) in [6, 6.07) is 16.8. The Labute approximate surface area is 239 Å². The van der Waals surface area contributed by atoms with Crippen LogP contribution in [0.4, 0.5) is 29.3 Å². The molecule has 0 atom stereocenters. The molecule has 0 spiro atoms. The van der Waals surface area contributed by atoms with Crippen LogP contribution < -0.4 is 15.0 Å². The molecule has 4 aromatic rings. The van der Waals surface area contributed by atoms with Crippen LogP contribution in [0.2, 0.25) is 5.02 Å². The molecule has 1 aliphatic heterocycles.